The van der Waals surface area contributed by atoms with Gasteiger partial charge in [-0.25, -0.2) is 4.98 Å². The molecule has 2 aromatic rings. The van der Waals surface area contributed by atoms with Gasteiger partial charge in [-0.05, 0) is 33.6 Å². The molecule has 0 aliphatic rings. The predicted octanol–water partition coefficient (Wildman–Crippen LogP) is 2.71. The third kappa shape index (κ3) is 2.71. The number of hydrogen-bond donors (Lipinski definition) is 0. The van der Waals surface area contributed by atoms with Gasteiger partial charge >= 0.3 is 0 Å². The van der Waals surface area contributed by atoms with Gasteiger partial charge in [0.05, 0.1) is 6.54 Å². The summed E-state index contributed by atoms with van der Waals surface area (Å²) >= 11 is 9.01. The Morgan fingerprint density at radius 2 is 2.12 bits per heavy atom. The van der Waals surface area contributed by atoms with Crippen molar-refractivity contribution in [2.24, 2.45) is 0 Å². The van der Waals surface area contributed by atoms with Gasteiger partial charge in [-0.1, -0.05) is 17.7 Å². The maximum Gasteiger partial charge on any atom is 0.250 e. The molecule has 2 rings (SSSR count). The van der Waals surface area contributed by atoms with Crippen LogP contribution in [0.4, 0.5) is 0 Å². The van der Waals surface area contributed by atoms with Gasteiger partial charge in [-0.15, -0.1) is 0 Å². The lowest BCUT2D eigenvalue weighted by Crippen LogP contribution is -2.18. The Hall–Kier alpha value is -1.13. The largest absolute Gasteiger partial charge is 0.310 e. The summed E-state index contributed by atoms with van der Waals surface area (Å²) in [5.74, 6) is 0. The molecule has 0 fully saturated rings. The third-order valence-electron chi connectivity index (χ3n) is 2.09. The molecule has 2 heterocycles. The van der Waals surface area contributed by atoms with Gasteiger partial charge in [0.15, 0.2) is 0 Å². The molecule has 0 amide bonds. The van der Waals surface area contributed by atoms with Crippen molar-refractivity contribution in [3.63, 3.8) is 0 Å². The summed E-state index contributed by atoms with van der Waals surface area (Å²) in [6, 6.07) is 6.80. The standard InChI is InChI=1S/C11H8BrClN2O/c12-9-2-4-11(16)15(7-9)6-8-1-3-10(13)14-5-8/h1-5,7H,6H2. The maximum absolute atomic E-state index is 11.5. The van der Waals surface area contributed by atoms with E-state index in [0.29, 0.717) is 11.7 Å². The summed E-state index contributed by atoms with van der Waals surface area (Å²) in [6.45, 7) is 0.489. The molecule has 0 unspecified atom stereocenters. The van der Waals surface area contributed by atoms with E-state index in [2.05, 4.69) is 20.9 Å². The topological polar surface area (TPSA) is 34.9 Å². The van der Waals surface area contributed by atoms with Crippen LogP contribution in [0.25, 0.3) is 0 Å². The van der Waals surface area contributed by atoms with Crippen LogP contribution in [0.3, 0.4) is 0 Å². The Balaban J connectivity index is 2.30. The van der Waals surface area contributed by atoms with Gasteiger partial charge in [0.1, 0.15) is 5.15 Å². The van der Waals surface area contributed by atoms with Crippen LogP contribution in [-0.2, 0) is 6.54 Å². The lowest BCUT2D eigenvalue weighted by atomic mass is 10.3. The molecule has 0 N–H and O–H groups in total. The van der Waals surface area contributed by atoms with Crippen molar-refractivity contribution in [3.05, 3.63) is 62.2 Å². The van der Waals surface area contributed by atoms with E-state index in [1.54, 1.807) is 29.1 Å². The van der Waals surface area contributed by atoms with Crippen LogP contribution in [0, 0.1) is 0 Å². The van der Waals surface area contributed by atoms with E-state index < -0.39 is 0 Å². The Bertz CT molecular complexity index is 551. The highest BCUT2D eigenvalue weighted by Gasteiger charge is 1.99. The van der Waals surface area contributed by atoms with Crippen molar-refractivity contribution >= 4 is 27.5 Å². The predicted molar refractivity (Wildman–Crippen MR) is 66.8 cm³/mol. The molecule has 5 heteroatoms. The van der Waals surface area contributed by atoms with E-state index in [9.17, 15) is 4.79 Å². The molecule has 82 valence electrons. The zero-order valence-corrected chi connectivity index (χ0v) is 10.6. The summed E-state index contributed by atoms with van der Waals surface area (Å²) < 4.78 is 2.48. The normalized spacial score (nSPS) is 10.4. The molecule has 0 aliphatic carbocycles. The minimum Gasteiger partial charge on any atom is -0.310 e. The van der Waals surface area contributed by atoms with E-state index in [1.807, 2.05) is 6.07 Å². The van der Waals surface area contributed by atoms with Crippen LogP contribution in [-0.4, -0.2) is 9.55 Å². The molecule has 0 saturated carbocycles. The molecule has 0 aliphatic heterocycles. The summed E-state index contributed by atoms with van der Waals surface area (Å²) in [7, 11) is 0. The second-order valence-electron chi connectivity index (χ2n) is 3.30. The first kappa shape index (κ1) is 11.4. The fourth-order valence-electron chi connectivity index (χ4n) is 1.32. The Kier molecular flexibility index (Phi) is 3.41. The minimum absolute atomic E-state index is 0.0434. The number of rotatable bonds is 2. The number of hydrogen-bond acceptors (Lipinski definition) is 2. The fourth-order valence-corrected chi connectivity index (χ4v) is 1.81. The second kappa shape index (κ2) is 4.80. The first-order valence-electron chi connectivity index (χ1n) is 4.61. The second-order valence-corrected chi connectivity index (χ2v) is 4.61. The fraction of sp³-hybridized carbons (Fsp3) is 0.0909. The highest BCUT2D eigenvalue weighted by Crippen LogP contribution is 2.08. The van der Waals surface area contributed by atoms with E-state index >= 15 is 0 Å². The molecule has 0 bridgehead atoms. The van der Waals surface area contributed by atoms with E-state index in [0.717, 1.165) is 10.0 Å². The average molecular weight is 300 g/mol. The minimum atomic E-state index is -0.0434. The monoisotopic (exact) mass is 298 g/mol. The molecule has 2 aromatic heterocycles. The van der Waals surface area contributed by atoms with E-state index in [-0.39, 0.29) is 5.56 Å². The molecule has 0 atom stereocenters. The highest BCUT2D eigenvalue weighted by atomic mass is 79.9. The van der Waals surface area contributed by atoms with E-state index in [4.69, 9.17) is 11.6 Å². The van der Waals surface area contributed by atoms with Crippen LogP contribution in [0.5, 0.6) is 0 Å². The van der Waals surface area contributed by atoms with E-state index in [1.165, 1.54) is 6.07 Å². The molecule has 3 nitrogen and oxygen atoms in total. The van der Waals surface area contributed by atoms with Crippen LogP contribution >= 0.6 is 27.5 Å². The van der Waals surface area contributed by atoms with Gasteiger partial charge in [-0.2, -0.15) is 0 Å². The van der Waals surface area contributed by atoms with Gasteiger partial charge in [0.25, 0.3) is 5.56 Å². The van der Waals surface area contributed by atoms with Crippen molar-refractivity contribution in [2.75, 3.05) is 0 Å². The Morgan fingerprint density at radius 3 is 2.81 bits per heavy atom. The molecule has 0 radical (unpaired) electrons. The summed E-state index contributed by atoms with van der Waals surface area (Å²) in [5, 5.41) is 0.449. The third-order valence-corrected chi connectivity index (χ3v) is 2.78. The molecule has 0 spiro atoms. The average Bonchev–Trinajstić information content (AvgIpc) is 2.27. The maximum atomic E-state index is 11.5. The lowest BCUT2D eigenvalue weighted by Gasteiger charge is -2.05. The van der Waals surface area contributed by atoms with Gasteiger partial charge in [-0.3, -0.25) is 4.79 Å². The summed E-state index contributed by atoms with van der Waals surface area (Å²) in [5.41, 5.74) is 0.891. The first-order chi connectivity index (χ1) is 7.65. The molecule has 16 heavy (non-hydrogen) atoms. The van der Waals surface area contributed by atoms with Crippen LogP contribution in [0.15, 0.2) is 45.9 Å². The lowest BCUT2D eigenvalue weighted by molar-refractivity contribution is 0.753. The molecule has 0 aromatic carbocycles. The highest BCUT2D eigenvalue weighted by molar-refractivity contribution is 9.10. The molecule has 0 saturated heterocycles. The van der Waals surface area contributed by atoms with Gasteiger partial charge in [0.2, 0.25) is 0 Å². The number of nitrogens with zero attached hydrogens (tertiary/aromatic N) is 2. The SMILES string of the molecule is O=c1ccc(Br)cn1Cc1ccc(Cl)nc1. The van der Waals surface area contributed by atoms with Crippen LogP contribution < -0.4 is 5.56 Å². The number of halogens is 2. The van der Waals surface area contributed by atoms with Crippen LogP contribution in [0.1, 0.15) is 5.56 Å². The summed E-state index contributed by atoms with van der Waals surface area (Å²) in [4.78, 5) is 15.5. The van der Waals surface area contributed by atoms with Crippen LogP contribution in [0.2, 0.25) is 5.15 Å². The smallest absolute Gasteiger partial charge is 0.250 e. The van der Waals surface area contributed by atoms with Crippen molar-refractivity contribution in [1.29, 1.82) is 0 Å². The quantitative estimate of drug-likeness (QED) is 0.799. The Labute approximate surface area is 106 Å². The zero-order valence-electron chi connectivity index (χ0n) is 8.23. The number of aromatic nitrogens is 2. The molecular weight excluding hydrogens is 291 g/mol. The Morgan fingerprint density at radius 1 is 1.31 bits per heavy atom. The molecular formula is C11H8BrClN2O. The van der Waals surface area contributed by atoms with Gasteiger partial charge in [0, 0.05) is 22.9 Å². The zero-order chi connectivity index (χ0) is 11.5. The van der Waals surface area contributed by atoms with Crippen molar-refractivity contribution in [1.82, 2.24) is 9.55 Å². The number of pyridine rings is 2. The van der Waals surface area contributed by atoms with Gasteiger partial charge < -0.3 is 4.57 Å². The van der Waals surface area contributed by atoms with Crippen molar-refractivity contribution in [2.45, 2.75) is 6.54 Å². The van der Waals surface area contributed by atoms with Crippen molar-refractivity contribution in [3.8, 4) is 0 Å². The van der Waals surface area contributed by atoms with Crippen molar-refractivity contribution < 1.29 is 0 Å². The first-order valence-corrected chi connectivity index (χ1v) is 5.79. The summed E-state index contributed by atoms with van der Waals surface area (Å²) in [6.07, 6.45) is 3.41.